The Balaban J connectivity index is 2.54. The van der Waals surface area contributed by atoms with Crippen LogP contribution in [0.5, 0.6) is 0 Å². The van der Waals surface area contributed by atoms with Crippen LogP contribution in [-0.4, -0.2) is 15.0 Å². The van der Waals surface area contributed by atoms with Gasteiger partial charge in [-0.15, -0.1) is 0 Å². The summed E-state index contributed by atoms with van der Waals surface area (Å²) < 4.78 is 0.627. The Morgan fingerprint density at radius 3 is 2.73 bits per heavy atom. The van der Waals surface area contributed by atoms with E-state index in [1.54, 1.807) is 0 Å². The maximum absolute atomic E-state index is 5.14. The van der Waals surface area contributed by atoms with E-state index in [2.05, 4.69) is 28.8 Å². The van der Waals surface area contributed by atoms with Crippen molar-refractivity contribution in [3.05, 3.63) is 34.9 Å². The van der Waals surface area contributed by atoms with Gasteiger partial charge in [-0.2, -0.15) is 0 Å². The highest BCUT2D eigenvalue weighted by Gasteiger charge is 2.05. The number of hydrogen-bond acceptors (Lipinski definition) is 2. The SMILES string of the molecule is CC(C)c1nc(=S)cc(-c2ccc[nH]2)[nH]1. The van der Waals surface area contributed by atoms with E-state index in [-0.39, 0.29) is 0 Å². The molecule has 0 bridgehead atoms. The van der Waals surface area contributed by atoms with E-state index in [4.69, 9.17) is 12.2 Å². The van der Waals surface area contributed by atoms with E-state index in [0.717, 1.165) is 17.2 Å². The van der Waals surface area contributed by atoms with Gasteiger partial charge in [0.2, 0.25) is 0 Å². The third-order valence-electron chi connectivity index (χ3n) is 2.20. The number of hydrogen-bond donors (Lipinski definition) is 2. The summed E-state index contributed by atoms with van der Waals surface area (Å²) in [4.78, 5) is 10.7. The molecular formula is C11H13N3S. The summed E-state index contributed by atoms with van der Waals surface area (Å²) in [5.74, 6) is 1.27. The first kappa shape index (κ1) is 10.1. The monoisotopic (exact) mass is 219 g/mol. The Hall–Kier alpha value is -1.42. The highest BCUT2D eigenvalue weighted by Crippen LogP contribution is 2.17. The lowest BCUT2D eigenvalue weighted by molar-refractivity contribution is 0.773. The third kappa shape index (κ3) is 2.15. The molecule has 0 aromatic carbocycles. The second kappa shape index (κ2) is 3.98. The summed E-state index contributed by atoms with van der Waals surface area (Å²) in [7, 11) is 0. The van der Waals surface area contributed by atoms with Crippen LogP contribution in [0.2, 0.25) is 0 Å². The van der Waals surface area contributed by atoms with E-state index >= 15 is 0 Å². The van der Waals surface area contributed by atoms with Gasteiger partial charge in [0, 0.05) is 18.2 Å². The molecule has 2 N–H and O–H groups in total. The van der Waals surface area contributed by atoms with E-state index in [1.165, 1.54) is 0 Å². The van der Waals surface area contributed by atoms with Crippen LogP contribution in [0.15, 0.2) is 24.4 Å². The fourth-order valence-corrected chi connectivity index (χ4v) is 1.61. The van der Waals surface area contributed by atoms with Crippen LogP contribution in [0.3, 0.4) is 0 Å². The molecule has 0 saturated carbocycles. The van der Waals surface area contributed by atoms with Crippen LogP contribution in [-0.2, 0) is 0 Å². The maximum atomic E-state index is 5.14. The van der Waals surface area contributed by atoms with Crippen molar-refractivity contribution in [2.75, 3.05) is 0 Å². The van der Waals surface area contributed by atoms with E-state index < -0.39 is 0 Å². The molecule has 2 rings (SSSR count). The Morgan fingerprint density at radius 2 is 2.13 bits per heavy atom. The summed E-state index contributed by atoms with van der Waals surface area (Å²) in [6.07, 6.45) is 1.89. The fraction of sp³-hybridized carbons (Fsp3) is 0.273. The molecule has 2 aromatic rings. The number of nitrogens with zero attached hydrogens (tertiary/aromatic N) is 1. The number of rotatable bonds is 2. The lowest BCUT2D eigenvalue weighted by Crippen LogP contribution is -1.99. The van der Waals surface area contributed by atoms with E-state index in [0.29, 0.717) is 10.6 Å². The molecule has 0 saturated heterocycles. The highest BCUT2D eigenvalue weighted by atomic mass is 32.1. The van der Waals surface area contributed by atoms with E-state index in [1.807, 2.05) is 24.4 Å². The van der Waals surface area contributed by atoms with Crippen LogP contribution in [0.1, 0.15) is 25.6 Å². The molecule has 0 radical (unpaired) electrons. The Kier molecular flexibility index (Phi) is 2.68. The van der Waals surface area contributed by atoms with Gasteiger partial charge in [-0.25, -0.2) is 4.98 Å². The van der Waals surface area contributed by atoms with Gasteiger partial charge in [-0.3, -0.25) is 0 Å². The zero-order valence-electron chi connectivity index (χ0n) is 8.74. The van der Waals surface area contributed by atoms with Crippen molar-refractivity contribution in [2.45, 2.75) is 19.8 Å². The average Bonchev–Trinajstić information content (AvgIpc) is 2.69. The van der Waals surface area contributed by atoms with Gasteiger partial charge < -0.3 is 9.97 Å². The largest absolute Gasteiger partial charge is 0.360 e. The molecule has 4 heteroatoms. The topological polar surface area (TPSA) is 44.5 Å². The number of nitrogens with one attached hydrogen (secondary N) is 2. The van der Waals surface area contributed by atoms with Crippen molar-refractivity contribution in [1.82, 2.24) is 15.0 Å². The minimum atomic E-state index is 0.349. The van der Waals surface area contributed by atoms with Crippen molar-refractivity contribution in [3.8, 4) is 11.4 Å². The van der Waals surface area contributed by atoms with Crippen LogP contribution < -0.4 is 0 Å². The quantitative estimate of drug-likeness (QED) is 0.761. The molecule has 2 heterocycles. The van der Waals surface area contributed by atoms with Gasteiger partial charge in [0.25, 0.3) is 0 Å². The zero-order valence-corrected chi connectivity index (χ0v) is 9.56. The summed E-state index contributed by atoms with van der Waals surface area (Å²) in [5.41, 5.74) is 2.02. The minimum absolute atomic E-state index is 0.349. The molecule has 0 aliphatic carbocycles. The van der Waals surface area contributed by atoms with Gasteiger partial charge in [0.1, 0.15) is 10.5 Å². The lowest BCUT2D eigenvalue weighted by atomic mass is 10.2. The number of aromatic amines is 2. The summed E-state index contributed by atoms with van der Waals surface area (Å²) in [6, 6.07) is 5.83. The first-order valence-electron chi connectivity index (χ1n) is 4.92. The molecule has 0 atom stereocenters. The molecule has 15 heavy (non-hydrogen) atoms. The van der Waals surface area contributed by atoms with Crippen molar-refractivity contribution in [2.24, 2.45) is 0 Å². The van der Waals surface area contributed by atoms with Crippen molar-refractivity contribution in [3.63, 3.8) is 0 Å². The first-order chi connectivity index (χ1) is 7.16. The molecule has 3 nitrogen and oxygen atoms in total. The average molecular weight is 219 g/mol. The van der Waals surface area contributed by atoms with Crippen LogP contribution >= 0.6 is 12.2 Å². The van der Waals surface area contributed by atoms with Crippen molar-refractivity contribution >= 4 is 12.2 Å². The molecular weight excluding hydrogens is 206 g/mol. The lowest BCUT2D eigenvalue weighted by Gasteiger charge is -2.06. The van der Waals surface area contributed by atoms with Crippen LogP contribution in [0.4, 0.5) is 0 Å². The third-order valence-corrected chi connectivity index (χ3v) is 2.41. The normalized spacial score (nSPS) is 10.9. The molecule has 0 amide bonds. The van der Waals surface area contributed by atoms with Gasteiger partial charge in [0.15, 0.2) is 0 Å². The zero-order chi connectivity index (χ0) is 10.8. The number of aromatic nitrogens is 3. The molecule has 0 unspecified atom stereocenters. The van der Waals surface area contributed by atoms with Crippen molar-refractivity contribution < 1.29 is 0 Å². The summed E-state index contributed by atoms with van der Waals surface area (Å²) in [5, 5.41) is 0. The van der Waals surface area contributed by atoms with E-state index in [9.17, 15) is 0 Å². The molecule has 78 valence electrons. The number of H-pyrrole nitrogens is 2. The minimum Gasteiger partial charge on any atom is -0.360 e. The van der Waals surface area contributed by atoms with Crippen LogP contribution in [0, 0.1) is 4.64 Å². The van der Waals surface area contributed by atoms with Crippen LogP contribution in [0.25, 0.3) is 11.4 Å². The Morgan fingerprint density at radius 1 is 1.33 bits per heavy atom. The standard InChI is InChI=1S/C11H13N3S/c1-7(2)11-13-9(6-10(15)14-11)8-4-3-5-12-8/h3-7,12H,1-2H3,(H,13,14,15). The first-order valence-corrected chi connectivity index (χ1v) is 5.32. The summed E-state index contributed by atoms with van der Waals surface area (Å²) >= 11 is 5.14. The van der Waals surface area contributed by atoms with Gasteiger partial charge in [-0.1, -0.05) is 26.1 Å². The molecule has 0 fully saturated rings. The van der Waals surface area contributed by atoms with Crippen molar-refractivity contribution in [1.29, 1.82) is 0 Å². The van der Waals surface area contributed by atoms with Gasteiger partial charge >= 0.3 is 0 Å². The summed E-state index contributed by atoms with van der Waals surface area (Å²) in [6.45, 7) is 4.18. The van der Waals surface area contributed by atoms with Gasteiger partial charge in [-0.05, 0) is 12.1 Å². The second-order valence-corrected chi connectivity index (χ2v) is 4.18. The molecule has 0 spiro atoms. The second-order valence-electron chi connectivity index (χ2n) is 3.76. The Labute approximate surface area is 93.6 Å². The highest BCUT2D eigenvalue weighted by molar-refractivity contribution is 7.71. The maximum Gasteiger partial charge on any atom is 0.130 e. The Bertz CT molecular complexity index is 497. The smallest absolute Gasteiger partial charge is 0.130 e. The molecule has 2 aromatic heterocycles. The molecule has 0 aliphatic heterocycles. The van der Waals surface area contributed by atoms with Gasteiger partial charge in [0.05, 0.1) is 11.4 Å². The predicted octanol–water partition coefficient (Wildman–Crippen LogP) is 3.26. The fourth-order valence-electron chi connectivity index (χ4n) is 1.39. The molecule has 0 aliphatic rings. The predicted molar refractivity (Wildman–Crippen MR) is 63.3 cm³/mol.